The highest BCUT2D eigenvalue weighted by molar-refractivity contribution is 7.91. The van der Waals surface area contributed by atoms with Crippen molar-refractivity contribution in [3.05, 3.63) is 0 Å². The van der Waals surface area contributed by atoms with Crippen molar-refractivity contribution in [1.29, 1.82) is 0 Å². The Bertz CT molecular complexity index is 284. The van der Waals surface area contributed by atoms with Gasteiger partial charge >= 0.3 is 0 Å². The van der Waals surface area contributed by atoms with Gasteiger partial charge in [-0.3, -0.25) is 0 Å². The molecule has 1 N–H and O–H groups in total. The molecule has 3 nitrogen and oxygen atoms in total. The minimum atomic E-state index is -2.77. The van der Waals surface area contributed by atoms with E-state index in [4.69, 9.17) is 0 Å². The van der Waals surface area contributed by atoms with Crippen molar-refractivity contribution < 1.29 is 8.42 Å². The molecule has 1 saturated heterocycles. The maximum atomic E-state index is 11.3. The number of nitrogens with one attached hydrogen (secondary N) is 1. The van der Waals surface area contributed by atoms with Gasteiger partial charge in [0.05, 0.1) is 11.5 Å². The third-order valence-electron chi connectivity index (χ3n) is 2.78. The van der Waals surface area contributed by atoms with E-state index < -0.39 is 9.84 Å². The third kappa shape index (κ3) is 3.58. The summed E-state index contributed by atoms with van der Waals surface area (Å²) in [6, 6.07) is 0. The zero-order valence-electron chi connectivity index (χ0n) is 9.34. The average Bonchev–Trinajstić information content (AvgIpc) is 2.25. The molecule has 84 valence electrons. The van der Waals surface area contributed by atoms with Crippen molar-refractivity contribution in [3.8, 4) is 0 Å². The van der Waals surface area contributed by atoms with Gasteiger partial charge in [0.2, 0.25) is 0 Å². The van der Waals surface area contributed by atoms with E-state index in [0.717, 1.165) is 19.4 Å². The van der Waals surface area contributed by atoms with Crippen LogP contribution in [0.2, 0.25) is 0 Å². The van der Waals surface area contributed by atoms with Crippen molar-refractivity contribution in [2.45, 2.75) is 39.2 Å². The Morgan fingerprint density at radius 1 is 1.43 bits per heavy atom. The fourth-order valence-corrected chi connectivity index (χ4v) is 3.94. The molecule has 14 heavy (non-hydrogen) atoms. The van der Waals surface area contributed by atoms with Crippen LogP contribution >= 0.6 is 0 Å². The summed E-state index contributed by atoms with van der Waals surface area (Å²) >= 11 is 0. The molecule has 1 aliphatic heterocycles. The molecule has 1 rings (SSSR count). The van der Waals surface area contributed by atoms with Gasteiger partial charge in [0.25, 0.3) is 0 Å². The molecular formula is C10H21NO2S. The van der Waals surface area contributed by atoms with Crippen LogP contribution in [0.3, 0.4) is 0 Å². The lowest BCUT2D eigenvalue weighted by Crippen LogP contribution is -2.44. The highest BCUT2D eigenvalue weighted by Crippen LogP contribution is 2.22. The van der Waals surface area contributed by atoms with Gasteiger partial charge in [-0.15, -0.1) is 0 Å². The van der Waals surface area contributed by atoms with Gasteiger partial charge in [-0.05, 0) is 32.2 Å². The number of hydrogen-bond donors (Lipinski definition) is 1. The van der Waals surface area contributed by atoms with E-state index in [1.165, 1.54) is 0 Å². The van der Waals surface area contributed by atoms with E-state index >= 15 is 0 Å². The summed E-state index contributed by atoms with van der Waals surface area (Å²) in [6.07, 6.45) is 1.86. The molecule has 4 heteroatoms. The van der Waals surface area contributed by atoms with Gasteiger partial charge in [0.1, 0.15) is 0 Å². The quantitative estimate of drug-likeness (QED) is 0.773. The topological polar surface area (TPSA) is 46.2 Å². The van der Waals surface area contributed by atoms with Gasteiger partial charge in [0.15, 0.2) is 9.84 Å². The van der Waals surface area contributed by atoms with Crippen LogP contribution in [0.5, 0.6) is 0 Å². The first-order valence-electron chi connectivity index (χ1n) is 5.28. The largest absolute Gasteiger partial charge is 0.310 e. The van der Waals surface area contributed by atoms with Crippen LogP contribution < -0.4 is 5.32 Å². The minimum Gasteiger partial charge on any atom is -0.310 e. The zero-order valence-corrected chi connectivity index (χ0v) is 10.2. The molecule has 0 aromatic rings. The Morgan fingerprint density at radius 3 is 2.50 bits per heavy atom. The van der Waals surface area contributed by atoms with Crippen molar-refractivity contribution in [2.75, 3.05) is 18.1 Å². The Labute approximate surface area is 87.2 Å². The third-order valence-corrected chi connectivity index (χ3v) is 4.68. The molecule has 0 radical (unpaired) electrons. The first-order valence-corrected chi connectivity index (χ1v) is 7.11. The molecule has 1 aliphatic rings. The molecule has 0 bridgehead atoms. The predicted molar refractivity (Wildman–Crippen MR) is 59.1 cm³/mol. The Morgan fingerprint density at radius 2 is 2.07 bits per heavy atom. The zero-order chi connectivity index (χ0) is 10.8. The van der Waals surface area contributed by atoms with E-state index in [9.17, 15) is 8.42 Å². The van der Waals surface area contributed by atoms with E-state index in [1.807, 2.05) is 6.92 Å². The van der Waals surface area contributed by atoms with Crippen molar-refractivity contribution in [1.82, 2.24) is 5.32 Å². The summed E-state index contributed by atoms with van der Waals surface area (Å²) in [5.74, 6) is 1.32. The van der Waals surface area contributed by atoms with Crippen molar-refractivity contribution >= 4 is 9.84 Å². The SMILES string of the molecule is CC(C)CCNC1(C)CCS(=O)(=O)C1. The monoisotopic (exact) mass is 219 g/mol. The van der Waals surface area contributed by atoms with Crippen LogP contribution in [-0.2, 0) is 9.84 Å². The van der Waals surface area contributed by atoms with Crippen LogP contribution in [0.1, 0.15) is 33.6 Å². The van der Waals surface area contributed by atoms with Crippen LogP contribution in [0.25, 0.3) is 0 Å². The lowest BCUT2D eigenvalue weighted by molar-refractivity contribution is 0.379. The Hall–Kier alpha value is -0.0900. The first kappa shape index (κ1) is 12.0. The highest BCUT2D eigenvalue weighted by Gasteiger charge is 2.37. The number of rotatable bonds is 4. The summed E-state index contributed by atoms with van der Waals surface area (Å²) in [4.78, 5) is 0. The molecule has 1 fully saturated rings. The van der Waals surface area contributed by atoms with Crippen LogP contribution in [0, 0.1) is 5.92 Å². The second kappa shape index (κ2) is 4.19. The maximum Gasteiger partial charge on any atom is 0.152 e. The summed E-state index contributed by atoms with van der Waals surface area (Å²) in [5, 5.41) is 3.37. The summed E-state index contributed by atoms with van der Waals surface area (Å²) in [6.45, 7) is 7.28. The molecule has 0 aromatic carbocycles. The number of hydrogen-bond acceptors (Lipinski definition) is 3. The lowest BCUT2D eigenvalue weighted by atomic mass is 10.0. The molecule has 1 atom stereocenters. The van der Waals surface area contributed by atoms with Crippen LogP contribution in [0.15, 0.2) is 0 Å². The molecule has 0 spiro atoms. The normalized spacial score (nSPS) is 31.1. The fourth-order valence-electron chi connectivity index (χ4n) is 1.81. The molecule has 0 amide bonds. The molecule has 0 saturated carbocycles. The van der Waals surface area contributed by atoms with Crippen molar-refractivity contribution in [2.24, 2.45) is 5.92 Å². The standard InChI is InChI=1S/C10H21NO2S/c1-9(2)4-6-11-10(3)5-7-14(12,13)8-10/h9,11H,4-8H2,1-3H3. The Balaban J connectivity index is 2.38. The fraction of sp³-hybridized carbons (Fsp3) is 1.00. The van der Waals surface area contributed by atoms with Gasteiger partial charge in [-0.1, -0.05) is 13.8 Å². The summed E-state index contributed by atoms with van der Waals surface area (Å²) in [7, 11) is -2.77. The molecular weight excluding hydrogens is 198 g/mol. The van der Waals surface area contributed by atoms with Crippen LogP contribution in [0.4, 0.5) is 0 Å². The lowest BCUT2D eigenvalue weighted by Gasteiger charge is -2.24. The maximum absolute atomic E-state index is 11.3. The van der Waals surface area contributed by atoms with Crippen LogP contribution in [-0.4, -0.2) is 32.0 Å². The highest BCUT2D eigenvalue weighted by atomic mass is 32.2. The average molecular weight is 219 g/mol. The molecule has 1 unspecified atom stereocenters. The smallest absolute Gasteiger partial charge is 0.152 e. The van der Waals surface area contributed by atoms with Gasteiger partial charge in [-0.25, -0.2) is 8.42 Å². The summed E-state index contributed by atoms with van der Waals surface area (Å²) in [5.41, 5.74) is -0.173. The van der Waals surface area contributed by atoms with E-state index in [2.05, 4.69) is 19.2 Å². The van der Waals surface area contributed by atoms with E-state index in [-0.39, 0.29) is 5.54 Å². The first-order chi connectivity index (χ1) is 6.33. The molecule has 0 aromatic heterocycles. The number of sulfone groups is 1. The summed E-state index contributed by atoms with van der Waals surface area (Å²) < 4.78 is 22.6. The molecule has 0 aliphatic carbocycles. The molecule has 1 heterocycles. The second-order valence-electron chi connectivity index (χ2n) is 5.01. The minimum absolute atomic E-state index is 0.173. The Kier molecular flexibility index (Phi) is 3.58. The second-order valence-corrected chi connectivity index (χ2v) is 7.20. The van der Waals surface area contributed by atoms with Gasteiger partial charge in [0, 0.05) is 5.54 Å². The van der Waals surface area contributed by atoms with Gasteiger partial charge < -0.3 is 5.32 Å². The van der Waals surface area contributed by atoms with E-state index in [1.54, 1.807) is 0 Å². The van der Waals surface area contributed by atoms with Crippen molar-refractivity contribution in [3.63, 3.8) is 0 Å². The predicted octanol–water partition coefficient (Wildman–Crippen LogP) is 1.20. The van der Waals surface area contributed by atoms with Gasteiger partial charge in [-0.2, -0.15) is 0 Å². The van der Waals surface area contributed by atoms with E-state index in [0.29, 0.717) is 17.4 Å².